The number of aromatic nitrogens is 1. The molecular weight excluding hydrogens is 366 g/mol. The molecule has 2 aliphatic heterocycles. The number of rotatable bonds is 3. The van der Waals surface area contributed by atoms with Crippen molar-refractivity contribution in [3.63, 3.8) is 0 Å². The number of nitrogens with zero attached hydrogens (tertiary/aromatic N) is 4. The van der Waals surface area contributed by atoms with E-state index in [4.69, 9.17) is 0 Å². The number of hydrogen-bond donors (Lipinski definition) is 1. The number of pyridine rings is 1. The lowest BCUT2D eigenvalue weighted by Crippen LogP contribution is -2.52. The zero-order valence-corrected chi connectivity index (χ0v) is 16.8. The lowest BCUT2D eigenvalue weighted by atomic mass is 10.2. The number of para-hydroxylation sites is 1. The maximum absolute atomic E-state index is 12.7. The molecule has 4 rings (SSSR count). The number of benzene rings is 1. The number of nitrogens with one attached hydrogen (secondary N) is 1. The van der Waals surface area contributed by atoms with Gasteiger partial charge in [0.15, 0.2) is 0 Å². The lowest BCUT2D eigenvalue weighted by Gasteiger charge is -2.35. The van der Waals surface area contributed by atoms with Crippen LogP contribution in [0.15, 0.2) is 36.5 Å². The molecule has 3 amide bonds. The highest BCUT2D eigenvalue weighted by molar-refractivity contribution is 5.99. The van der Waals surface area contributed by atoms with Crippen molar-refractivity contribution >= 4 is 28.5 Å². The Kier molecular flexibility index (Phi) is 6.24. The van der Waals surface area contributed by atoms with Crippen molar-refractivity contribution in [2.75, 3.05) is 51.1 Å². The fourth-order valence-electron chi connectivity index (χ4n) is 4.12. The van der Waals surface area contributed by atoms with E-state index in [2.05, 4.69) is 15.2 Å². The molecule has 2 saturated heterocycles. The SMILES string of the molecule is O=C(CN1CCN(C(=O)Nc2cccc3cccnc23)CC1)N1CCCCCC1. The highest BCUT2D eigenvalue weighted by atomic mass is 16.2. The molecule has 2 aliphatic rings. The molecule has 0 aliphatic carbocycles. The summed E-state index contributed by atoms with van der Waals surface area (Å²) in [5.74, 6) is 0.228. The maximum atomic E-state index is 12.7. The maximum Gasteiger partial charge on any atom is 0.321 e. The van der Waals surface area contributed by atoms with Gasteiger partial charge in [-0.25, -0.2) is 4.79 Å². The first-order chi connectivity index (χ1) is 14.2. The van der Waals surface area contributed by atoms with E-state index in [1.807, 2.05) is 40.1 Å². The number of piperazine rings is 1. The van der Waals surface area contributed by atoms with Gasteiger partial charge >= 0.3 is 6.03 Å². The molecule has 0 spiro atoms. The summed E-state index contributed by atoms with van der Waals surface area (Å²) in [7, 11) is 0. The number of carbonyl (C=O) groups excluding carboxylic acids is 2. The minimum atomic E-state index is -0.110. The highest BCUT2D eigenvalue weighted by Gasteiger charge is 2.24. The Morgan fingerprint density at radius 2 is 1.59 bits per heavy atom. The van der Waals surface area contributed by atoms with E-state index in [0.717, 1.165) is 55.6 Å². The fourth-order valence-corrected chi connectivity index (χ4v) is 4.12. The van der Waals surface area contributed by atoms with Gasteiger partial charge in [0.25, 0.3) is 0 Å². The minimum Gasteiger partial charge on any atom is -0.342 e. The van der Waals surface area contributed by atoms with E-state index in [-0.39, 0.29) is 11.9 Å². The Hall–Kier alpha value is -2.67. The van der Waals surface area contributed by atoms with E-state index in [1.165, 1.54) is 12.8 Å². The summed E-state index contributed by atoms with van der Waals surface area (Å²) >= 11 is 0. The second-order valence-corrected chi connectivity index (χ2v) is 7.87. The fraction of sp³-hybridized carbons (Fsp3) is 0.500. The summed E-state index contributed by atoms with van der Waals surface area (Å²) in [4.78, 5) is 35.7. The van der Waals surface area contributed by atoms with Gasteiger partial charge in [-0.05, 0) is 25.0 Å². The zero-order valence-electron chi connectivity index (χ0n) is 16.8. The van der Waals surface area contributed by atoms with E-state index < -0.39 is 0 Å². The molecule has 0 bridgehead atoms. The van der Waals surface area contributed by atoms with Crippen LogP contribution in [0.1, 0.15) is 25.7 Å². The first kappa shape index (κ1) is 19.6. The first-order valence-electron chi connectivity index (χ1n) is 10.6. The normalized spacial score (nSPS) is 18.5. The number of likely N-dealkylation sites (tertiary alicyclic amines) is 1. The van der Waals surface area contributed by atoms with Crippen molar-refractivity contribution in [1.29, 1.82) is 0 Å². The minimum absolute atomic E-state index is 0.110. The van der Waals surface area contributed by atoms with Gasteiger partial charge in [0.05, 0.1) is 17.7 Å². The molecule has 2 fully saturated rings. The molecule has 0 atom stereocenters. The molecule has 0 unspecified atom stereocenters. The molecule has 154 valence electrons. The van der Waals surface area contributed by atoms with Gasteiger partial charge in [-0.15, -0.1) is 0 Å². The van der Waals surface area contributed by atoms with Crippen LogP contribution < -0.4 is 5.32 Å². The van der Waals surface area contributed by atoms with E-state index in [1.54, 1.807) is 6.20 Å². The smallest absolute Gasteiger partial charge is 0.321 e. The van der Waals surface area contributed by atoms with Crippen molar-refractivity contribution in [3.8, 4) is 0 Å². The average Bonchev–Trinajstić information content (AvgIpc) is 3.04. The van der Waals surface area contributed by atoms with Crippen molar-refractivity contribution in [1.82, 2.24) is 19.7 Å². The molecule has 3 heterocycles. The predicted octanol–water partition coefficient (Wildman–Crippen LogP) is 2.79. The van der Waals surface area contributed by atoms with E-state index in [9.17, 15) is 9.59 Å². The van der Waals surface area contributed by atoms with Crippen molar-refractivity contribution in [2.24, 2.45) is 0 Å². The Bertz CT molecular complexity index is 850. The topological polar surface area (TPSA) is 68.8 Å². The number of fused-ring (bicyclic) bond motifs is 1. The third-order valence-electron chi connectivity index (χ3n) is 5.85. The zero-order chi connectivity index (χ0) is 20.1. The quantitative estimate of drug-likeness (QED) is 0.868. The van der Waals surface area contributed by atoms with Gasteiger partial charge in [-0.1, -0.05) is 31.0 Å². The molecule has 7 nitrogen and oxygen atoms in total. The summed E-state index contributed by atoms with van der Waals surface area (Å²) in [6.07, 6.45) is 6.41. The molecule has 0 saturated carbocycles. The first-order valence-corrected chi connectivity index (χ1v) is 10.6. The second kappa shape index (κ2) is 9.22. The van der Waals surface area contributed by atoms with Crippen LogP contribution in [0.4, 0.5) is 10.5 Å². The second-order valence-electron chi connectivity index (χ2n) is 7.87. The highest BCUT2D eigenvalue weighted by Crippen LogP contribution is 2.21. The van der Waals surface area contributed by atoms with Gasteiger partial charge in [0.1, 0.15) is 0 Å². The van der Waals surface area contributed by atoms with Crippen LogP contribution in [-0.4, -0.2) is 77.4 Å². The van der Waals surface area contributed by atoms with Crippen LogP contribution in [0.25, 0.3) is 10.9 Å². The molecule has 0 radical (unpaired) electrons. The van der Waals surface area contributed by atoms with Crippen molar-refractivity contribution in [3.05, 3.63) is 36.5 Å². The van der Waals surface area contributed by atoms with Crippen LogP contribution in [0.5, 0.6) is 0 Å². The predicted molar refractivity (Wildman–Crippen MR) is 114 cm³/mol. The molecule has 1 N–H and O–H groups in total. The van der Waals surface area contributed by atoms with Crippen LogP contribution in [0.2, 0.25) is 0 Å². The number of anilines is 1. The number of urea groups is 1. The molecule has 2 aromatic rings. The summed E-state index contributed by atoms with van der Waals surface area (Å²) in [5.41, 5.74) is 1.52. The summed E-state index contributed by atoms with van der Waals surface area (Å²) in [6.45, 7) is 4.93. The van der Waals surface area contributed by atoms with Crippen molar-refractivity contribution in [2.45, 2.75) is 25.7 Å². The third kappa shape index (κ3) is 4.85. The Morgan fingerprint density at radius 1 is 0.862 bits per heavy atom. The number of amides is 3. The summed E-state index contributed by atoms with van der Waals surface area (Å²) < 4.78 is 0. The monoisotopic (exact) mass is 395 g/mol. The number of carbonyl (C=O) groups is 2. The van der Waals surface area contributed by atoms with E-state index >= 15 is 0 Å². The lowest BCUT2D eigenvalue weighted by molar-refractivity contribution is -0.132. The van der Waals surface area contributed by atoms with Gasteiger partial charge in [0.2, 0.25) is 5.91 Å². The van der Waals surface area contributed by atoms with Crippen LogP contribution in [0.3, 0.4) is 0 Å². The molecule has 1 aromatic carbocycles. The Labute approximate surface area is 171 Å². The average molecular weight is 396 g/mol. The largest absolute Gasteiger partial charge is 0.342 e. The summed E-state index contributed by atoms with van der Waals surface area (Å²) in [5, 5.41) is 4.00. The molecule has 1 aromatic heterocycles. The Morgan fingerprint density at radius 3 is 2.34 bits per heavy atom. The van der Waals surface area contributed by atoms with E-state index in [0.29, 0.717) is 19.6 Å². The summed E-state index contributed by atoms with van der Waals surface area (Å²) in [6, 6.07) is 9.55. The van der Waals surface area contributed by atoms with Crippen LogP contribution in [0, 0.1) is 0 Å². The van der Waals surface area contributed by atoms with Gasteiger partial charge in [-0.2, -0.15) is 0 Å². The standard InChI is InChI=1S/C22H29N5O2/c28-20(26-11-3-1-2-4-12-26)17-25-13-15-27(16-14-25)22(29)24-19-9-5-7-18-8-6-10-23-21(18)19/h5-10H,1-4,11-17H2,(H,24,29). The third-order valence-corrected chi connectivity index (χ3v) is 5.85. The Balaban J connectivity index is 1.29. The van der Waals surface area contributed by atoms with Gasteiger partial charge < -0.3 is 15.1 Å². The molecular formula is C22H29N5O2. The van der Waals surface area contributed by atoms with Gasteiger partial charge in [0, 0.05) is 50.9 Å². The molecule has 29 heavy (non-hydrogen) atoms. The van der Waals surface area contributed by atoms with Gasteiger partial charge in [-0.3, -0.25) is 14.7 Å². The number of hydrogen-bond acceptors (Lipinski definition) is 4. The van der Waals surface area contributed by atoms with Crippen LogP contribution >= 0.6 is 0 Å². The van der Waals surface area contributed by atoms with Crippen molar-refractivity contribution < 1.29 is 9.59 Å². The van der Waals surface area contributed by atoms with Crippen LogP contribution in [-0.2, 0) is 4.79 Å². The molecule has 7 heteroatoms.